The smallest absolute Gasteiger partial charge is 0.310 e. The third-order valence-electron chi connectivity index (χ3n) is 3.65. The average Bonchev–Trinajstić information content (AvgIpc) is 2.46. The number of benzene rings is 1. The second-order valence-corrected chi connectivity index (χ2v) is 4.94. The number of nitro groups is 1. The average molecular weight is 273 g/mol. The molecule has 1 aliphatic rings. The molecule has 1 unspecified atom stereocenters. The van der Waals surface area contributed by atoms with Gasteiger partial charge in [0.1, 0.15) is 23.1 Å². The number of hydrogen-bond acceptors (Lipinski definition) is 5. The fourth-order valence-corrected chi connectivity index (χ4v) is 2.60. The molecule has 1 aromatic carbocycles. The Morgan fingerprint density at radius 2 is 2.30 bits per heavy atom. The predicted molar refractivity (Wildman–Crippen MR) is 73.4 cm³/mol. The molecule has 0 amide bonds. The minimum Gasteiger partial charge on any atom is -0.365 e. The van der Waals surface area contributed by atoms with Gasteiger partial charge in [-0.25, -0.2) is 0 Å². The Bertz CT molecular complexity index is 592. The van der Waals surface area contributed by atoms with E-state index in [-0.39, 0.29) is 23.0 Å². The first-order chi connectivity index (χ1) is 9.54. The number of Topliss-reactive ketones (excluding diaryl/α,β-unsaturated/α-hetero) is 1. The van der Waals surface area contributed by atoms with Crippen molar-refractivity contribution in [2.24, 2.45) is 5.92 Å². The highest BCUT2D eigenvalue weighted by molar-refractivity contribution is 5.80. The van der Waals surface area contributed by atoms with Crippen molar-refractivity contribution in [3.8, 4) is 6.07 Å². The molecule has 0 saturated carbocycles. The number of piperidine rings is 1. The number of anilines is 1. The van der Waals surface area contributed by atoms with Crippen LogP contribution in [-0.4, -0.2) is 23.8 Å². The van der Waals surface area contributed by atoms with Crippen LogP contribution >= 0.6 is 0 Å². The van der Waals surface area contributed by atoms with Crippen LogP contribution in [0.4, 0.5) is 11.4 Å². The maximum atomic E-state index is 11.5. The molecule has 0 N–H and O–H groups in total. The van der Waals surface area contributed by atoms with E-state index in [1.807, 2.05) is 11.0 Å². The highest BCUT2D eigenvalue weighted by atomic mass is 16.6. The molecule has 6 heteroatoms. The molecule has 0 bridgehead atoms. The monoisotopic (exact) mass is 273 g/mol. The third kappa shape index (κ3) is 2.62. The normalized spacial score (nSPS) is 18.4. The molecule has 1 fully saturated rings. The van der Waals surface area contributed by atoms with Crippen molar-refractivity contribution >= 4 is 17.2 Å². The lowest BCUT2D eigenvalue weighted by Crippen LogP contribution is -2.38. The first-order valence-corrected chi connectivity index (χ1v) is 6.47. The van der Waals surface area contributed by atoms with Crippen molar-refractivity contribution in [3.05, 3.63) is 33.9 Å². The summed E-state index contributed by atoms with van der Waals surface area (Å²) < 4.78 is 0. The van der Waals surface area contributed by atoms with Gasteiger partial charge in [-0.3, -0.25) is 14.9 Å². The minimum absolute atomic E-state index is 0.0532. The Hall–Kier alpha value is -2.42. The standard InChI is InChI=1S/C14H15N3O3/c1-10(18)12-5-3-7-16(9-12)13-6-2-4-11(8-15)14(13)17(19)20/h2,4,6,12H,3,5,7,9H2,1H3. The van der Waals surface area contributed by atoms with Gasteiger partial charge in [0.05, 0.1) is 4.92 Å². The largest absolute Gasteiger partial charge is 0.365 e. The zero-order valence-electron chi connectivity index (χ0n) is 11.2. The lowest BCUT2D eigenvalue weighted by Gasteiger charge is -2.33. The second kappa shape index (κ2) is 5.70. The van der Waals surface area contributed by atoms with Gasteiger partial charge in [-0.15, -0.1) is 0 Å². The van der Waals surface area contributed by atoms with Crippen molar-refractivity contribution in [1.29, 1.82) is 5.26 Å². The first kappa shape index (κ1) is 14.0. The van der Waals surface area contributed by atoms with E-state index in [9.17, 15) is 14.9 Å². The first-order valence-electron chi connectivity index (χ1n) is 6.47. The molecule has 1 saturated heterocycles. The number of hydrogen-bond donors (Lipinski definition) is 0. The summed E-state index contributed by atoms with van der Waals surface area (Å²) in [4.78, 5) is 24.0. The SMILES string of the molecule is CC(=O)C1CCCN(c2cccc(C#N)c2[N+](=O)[O-])C1. The molecule has 1 aliphatic heterocycles. The van der Waals surface area contributed by atoms with Gasteiger partial charge in [-0.05, 0) is 31.9 Å². The van der Waals surface area contributed by atoms with Crippen molar-refractivity contribution in [3.63, 3.8) is 0 Å². The molecular formula is C14H15N3O3. The fourth-order valence-electron chi connectivity index (χ4n) is 2.60. The van der Waals surface area contributed by atoms with Crippen LogP contribution in [0.15, 0.2) is 18.2 Å². The van der Waals surface area contributed by atoms with Crippen LogP contribution < -0.4 is 4.90 Å². The van der Waals surface area contributed by atoms with Gasteiger partial charge in [0, 0.05) is 19.0 Å². The number of nitrogens with zero attached hydrogens (tertiary/aromatic N) is 3. The van der Waals surface area contributed by atoms with Gasteiger partial charge in [0.25, 0.3) is 0 Å². The summed E-state index contributed by atoms with van der Waals surface area (Å²) in [6, 6.07) is 6.57. The van der Waals surface area contributed by atoms with Crippen LogP contribution in [0.3, 0.4) is 0 Å². The number of carbonyl (C=O) groups is 1. The molecule has 0 aromatic heterocycles. The number of ketones is 1. The Morgan fingerprint density at radius 3 is 2.90 bits per heavy atom. The van der Waals surface area contributed by atoms with Crippen molar-refractivity contribution in [2.45, 2.75) is 19.8 Å². The summed E-state index contributed by atoms with van der Waals surface area (Å²) in [5, 5.41) is 20.2. The molecule has 20 heavy (non-hydrogen) atoms. The van der Waals surface area contributed by atoms with Crippen LogP contribution in [-0.2, 0) is 4.79 Å². The van der Waals surface area contributed by atoms with E-state index in [0.29, 0.717) is 18.8 Å². The molecule has 1 heterocycles. The Kier molecular flexibility index (Phi) is 3.99. The van der Waals surface area contributed by atoms with E-state index in [0.717, 1.165) is 12.8 Å². The summed E-state index contributed by atoms with van der Waals surface area (Å²) in [6.07, 6.45) is 1.63. The van der Waals surface area contributed by atoms with Crippen molar-refractivity contribution < 1.29 is 9.72 Å². The van der Waals surface area contributed by atoms with Crippen LogP contribution in [0, 0.1) is 27.4 Å². The number of para-hydroxylation sites is 1. The van der Waals surface area contributed by atoms with Crippen LogP contribution in [0.25, 0.3) is 0 Å². The maximum absolute atomic E-state index is 11.5. The summed E-state index contributed by atoms with van der Waals surface area (Å²) >= 11 is 0. The van der Waals surface area contributed by atoms with E-state index in [2.05, 4.69) is 0 Å². The number of nitro benzene ring substituents is 1. The predicted octanol–water partition coefficient (Wildman–Crippen LogP) is 2.27. The summed E-state index contributed by atoms with van der Waals surface area (Å²) in [5.74, 6) is 0.0166. The number of rotatable bonds is 3. The molecule has 0 spiro atoms. The topological polar surface area (TPSA) is 87.2 Å². The van der Waals surface area contributed by atoms with Gasteiger partial charge in [-0.2, -0.15) is 5.26 Å². The van der Waals surface area contributed by atoms with E-state index >= 15 is 0 Å². The van der Waals surface area contributed by atoms with Gasteiger partial charge in [0.15, 0.2) is 0 Å². The van der Waals surface area contributed by atoms with Crippen LogP contribution in [0.1, 0.15) is 25.3 Å². The lowest BCUT2D eigenvalue weighted by atomic mass is 9.94. The van der Waals surface area contributed by atoms with Gasteiger partial charge >= 0.3 is 5.69 Å². The summed E-state index contributed by atoms with van der Waals surface area (Å²) in [7, 11) is 0. The molecule has 1 atom stereocenters. The van der Waals surface area contributed by atoms with Crippen LogP contribution in [0.2, 0.25) is 0 Å². The van der Waals surface area contributed by atoms with Gasteiger partial charge in [-0.1, -0.05) is 6.07 Å². The van der Waals surface area contributed by atoms with E-state index in [1.54, 1.807) is 19.1 Å². The van der Waals surface area contributed by atoms with Crippen molar-refractivity contribution in [2.75, 3.05) is 18.0 Å². The van der Waals surface area contributed by atoms with Crippen molar-refractivity contribution in [1.82, 2.24) is 0 Å². The quantitative estimate of drug-likeness (QED) is 0.622. The molecule has 2 rings (SSSR count). The van der Waals surface area contributed by atoms with Crippen LogP contribution in [0.5, 0.6) is 0 Å². The zero-order valence-corrected chi connectivity index (χ0v) is 11.2. The van der Waals surface area contributed by atoms with E-state index in [1.165, 1.54) is 6.07 Å². The van der Waals surface area contributed by atoms with Gasteiger partial charge < -0.3 is 4.90 Å². The number of carbonyl (C=O) groups excluding carboxylic acids is 1. The molecule has 1 aromatic rings. The molecule has 0 aliphatic carbocycles. The molecule has 104 valence electrons. The lowest BCUT2D eigenvalue weighted by molar-refractivity contribution is -0.384. The zero-order chi connectivity index (χ0) is 14.7. The summed E-state index contributed by atoms with van der Waals surface area (Å²) in [6.45, 7) is 2.69. The van der Waals surface area contributed by atoms with E-state index in [4.69, 9.17) is 5.26 Å². The summed E-state index contributed by atoms with van der Waals surface area (Å²) in [5.41, 5.74) is 0.316. The maximum Gasteiger partial charge on any atom is 0.310 e. The van der Waals surface area contributed by atoms with E-state index < -0.39 is 4.92 Å². The molecule has 0 radical (unpaired) electrons. The number of nitriles is 1. The molecular weight excluding hydrogens is 258 g/mol. The Balaban J connectivity index is 2.40. The highest BCUT2D eigenvalue weighted by Gasteiger charge is 2.29. The minimum atomic E-state index is -0.523. The third-order valence-corrected chi connectivity index (χ3v) is 3.65. The van der Waals surface area contributed by atoms with Gasteiger partial charge in [0.2, 0.25) is 0 Å². The fraction of sp³-hybridized carbons (Fsp3) is 0.429. The highest BCUT2D eigenvalue weighted by Crippen LogP contribution is 2.34. The second-order valence-electron chi connectivity index (χ2n) is 4.94. The molecule has 6 nitrogen and oxygen atoms in total. The Labute approximate surface area is 116 Å². The Morgan fingerprint density at radius 1 is 1.55 bits per heavy atom.